The van der Waals surface area contributed by atoms with Crippen LogP contribution in [0.2, 0.25) is 0 Å². The van der Waals surface area contributed by atoms with Crippen LogP contribution in [0.5, 0.6) is 0 Å². The minimum absolute atomic E-state index is 0.0180. The lowest BCUT2D eigenvalue weighted by Gasteiger charge is -2.36. The Bertz CT molecular complexity index is 710. The van der Waals surface area contributed by atoms with E-state index >= 15 is 0 Å². The molecular formula is C21H29N3OS. The van der Waals surface area contributed by atoms with Crippen molar-refractivity contribution in [2.75, 3.05) is 26.2 Å². The number of piperidine rings is 1. The third-order valence-electron chi connectivity index (χ3n) is 6.01. The molecular weight excluding hydrogens is 342 g/mol. The number of aromatic nitrogens is 1. The largest absolute Gasteiger partial charge is 0.341 e. The number of likely N-dealkylation sites (tertiary alicyclic amines) is 2. The van der Waals surface area contributed by atoms with Crippen molar-refractivity contribution in [2.24, 2.45) is 0 Å². The molecule has 2 aliphatic rings. The van der Waals surface area contributed by atoms with Crippen molar-refractivity contribution in [1.82, 2.24) is 14.8 Å². The molecule has 1 aromatic heterocycles. The summed E-state index contributed by atoms with van der Waals surface area (Å²) in [6, 6.07) is 8.43. The summed E-state index contributed by atoms with van der Waals surface area (Å²) in [6.45, 7) is 6.00. The van der Waals surface area contributed by atoms with Crippen LogP contribution >= 0.6 is 11.3 Å². The highest BCUT2D eigenvalue weighted by Gasteiger charge is 2.31. The Kier molecular flexibility index (Phi) is 5.55. The summed E-state index contributed by atoms with van der Waals surface area (Å²) in [6.07, 6.45) is 7.09. The fraction of sp³-hybridized carbons (Fsp3) is 0.619. The number of hydrogen-bond donors (Lipinski definition) is 0. The molecule has 4 nitrogen and oxygen atoms in total. The lowest BCUT2D eigenvalue weighted by molar-refractivity contribution is -0.136. The van der Waals surface area contributed by atoms with Crippen LogP contribution in [0, 0.1) is 0 Å². The summed E-state index contributed by atoms with van der Waals surface area (Å²) < 4.78 is 1.29. The second-order valence-corrected chi connectivity index (χ2v) is 8.81. The fourth-order valence-electron chi connectivity index (χ4n) is 4.31. The van der Waals surface area contributed by atoms with E-state index < -0.39 is 0 Å². The zero-order valence-electron chi connectivity index (χ0n) is 15.7. The molecule has 2 aliphatic heterocycles. The van der Waals surface area contributed by atoms with E-state index in [0.29, 0.717) is 11.8 Å². The maximum atomic E-state index is 12.9. The number of amides is 1. The van der Waals surface area contributed by atoms with Crippen molar-refractivity contribution in [3.05, 3.63) is 29.3 Å². The van der Waals surface area contributed by atoms with E-state index in [1.54, 1.807) is 0 Å². The molecule has 0 bridgehead atoms. The van der Waals surface area contributed by atoms with Crippen LogP contribution in [0.4, 0.5) is 0 Å². The standard InChI is InChI=1S/C21H29N3OS/c1-16(21(25)24-12-6-2-3-7-13-24)23-14-10-17(11-15-23)20-22-18-8-4-5-9-19(18)26-20/h4-5,8-9,16-17H,2-3,6-7,10-15H2,1H3. The molecule has 0 aliphatic carbocycles. The predicted octanol–water partition coefficient (Wildman–Crippen LogP) is 4.27. The molecule has 3 heterocycles. The molecule has 2 fully saturated rings. The highest BCUT2D eigenvalue weighted by atomic mass is 32.1. The van der Waals surface area contributed by atoms with Crippen LogP contribution in [0.3, 0.4) is 0 Å². The summed E-state index contributed by atoms with van der Waals surface area (Å²) in [7, 11) is 0. The maximum Gasteiger partial charge on any atom is 0.239 e. The number of hydrogen-bond acceptors (Lipinski definition) is 4. The van der Waals surface area contributed by atoms with Crippen molar-refractivity contribution in [2.45, 2.75) is 57.4 Å². The average Bonchev–Trinajstić information content (AvgIpc) is 2.93. The Labute approximate surface area is 160 Å². The number of para-hydroxylation sites is 1. The Morgan fingerprint density at radius 2 is 1.77 bits per heavy atom. The normalized spacial score (nSPS) is 21.7. The van der Waals surface area contributed by atoms with Gasteiger partial charge in [0.05, 0.1) is 21.3 Å². The van der Waals surface area contributed by atoms with Crippen molar-refractivity contribution in [1.29, 1.82) is 0 Å². The molecule has 1 amide bonds. The SMILES string of the molecule is CC(C(=O)N1CCCCCC1)N1CCC(c2nc3ccccc3s2)CC1. The second-order valence-electron chi connectivity index (χ2n) is 7.75. The summed E-state index contributed by atoms with van der Waals surface area (Å²) in [5, 5.41) is 1.28. The molecule has 0 N–H and O–H groups in total. The van der Waals surface area contributed by atoms with Crippen LogP contribution in [0.15, 0.2) is 24.3 Å². The number of fused-ring (bicyclic) bond motifs is 1. The monoisotopic (exact) mass is 371 g/mol. The minimum atomic E-state index is 0.0180. The summed E-state index contributed by atoms with van der Waals surface area (Å²) >= 11 is 1.84. The van der Waals surface area contributed by atoms with E-state index in [1.165, 1.54) is 22.5 Å². The predicted molar refractivity (Wildman–Crippen MR) is 108 cm³/mol. The van der Waals surface area contributed by atoms with Gasteiger partial charge in [0, 0.05) is 19.0 Å². The van der Waals surface area contributed by atoms with Gasteiger partial charge >= 0.3 is 0 Å². The van der Waals surface area contributed by atoms with E-state index in [9.17, 15) is 4.79 Å². The molecule has 4 rings (SSSR count). The Morgan fingerprint density at radius 3 is 2.46 bits per heavy atom. The number of carbonyl (C=O) groups is 1. The molecule has 140 valence electrons. The fourth-order valence-corrected chi connectivity index (χ4v) is 5.45. The van der Waals surface area contributed by atoms with Gasteiger partial charge in [0.2, 0.25) is 5.91 Å². The van der Waals surface area contributed by atoms with Gasteiger partial charge in [0.15, 0.2) is 0 Å². The topological polar surface area (TPSA) is 36.4 Å². The van der Waals surface area contributed by atoms with Crippen LogP contribution in [0.25, 0.3) is 10.2 Å². The molecule has 0 radical (unpaired) electrons. The van der Waals surface area contributed by atoms with Crippen molar-refractivity contribution >= 4 is 27.5 Å². The lowest BCUT2D eigenvalue weighted by Crippen LogP contribution is -2.49. The first-order valence-electron chi connectivity index (χ1n) is 10.1. The molecule has 0 spiro atoms. The van der Waals surface area contributed by atoms with Crippen molar-refractivity contribution < 1.29 is 4.79 Å². The van der Waals surface area contributed by atoms with Gasteiger partial charge in [-0.2, -0.15) is 0 Å². The van der Waals surface area contributed by atoms with E-state index in [2.05, 4.69) is 41.0 Å². The van der Waals surface area contributed by atoms with Gasteiger partial charge in [-0.1, -0.05) is 25.0 Å². The summed E-state index contributed by atoms with van der Waals surface area (Å²) in [5.74, 6) is 0.884. The first-order valence-corrected chi connectivity index (χ1v) is 10.9. The zero-order chi connectivity index (χ0) is 17.9. The third kappa shape index (κ3) is 3.79. The molecule has 0 saturated carbocycles. The van der Waals surface area contributed by atoms with Gasteiger partial charge < -0.3 is 4.90 Å². The number of carbonyl (C=O) groups excluding carboxylic acids is 1. The molecule has 2 aromatic rings. The van der Waals surface area contributed by atoms with Crippen LogP contribution in [0.1, 0.15) is 56.4 Å². The third-order valence-corrected chi connectivity index (χ3v) is 7.21. The molecule has 1 aromatic carbocycles. The highest BCUT2D eigenvalue weighted by Crippen LogP contribution is 2.34. The van der Waals surface area contributed by atoms with E-state index in [0.717, 1.165) is 57.4 Å². The summed E-state index contributed by atoms with van der Waals surface area (Å²) in [5.41, 5.74) is 1.12. The number of thiazole rings is 1. The van der Waals surface area contributed by atoms with Gasteiger partial charge in [-0.05, 0) is 57.8 Å². The number of nitrogens with zero attached hydrogens (tertiary/aromatic N) is 3. The van der Waals surface area contributed by atoms with Gasteiger partial charge in [0.1, 0.15) is 0 Å². The highest BCUT2D eigenvalue weighted by molar-refractivity contribution is 7.18. The van der Waals surface area contributed by atoms with Gasteiger partial charge in [-0.25, -0.2) is 4.98 Å². The van der Waals surface area contributed by atoms with E-state index in [-0.39, 0.29) is 6.04 Å². The lowest BCUT2D eigenvalue weighted by atomic mass is 9.96. The molecule has 1 unspecified atom stereocenters. The van der Waals surface area contributed by atoms with Crippen LogP contribution < -0.4 is 0 Å². The average molecular weight is 372 g/mol. The molecule has 5 heteroatoms. The number of benzene rings is 1. The zero-order valence-corrected chi connectivity index (χ0v) is 16.5. The van der Waals surface area contributed by atoms with Gasteiger partial charge in [-0.3, -0.25) is 9.69 Å². The molecule has 2 saturated heterocycles. The number of rotatable bonds is 3. The smallest absolute Gasteiger partial charge is 0.239 e. The maximum absolute atomic E-state index is 12.9. The first-order chi connectivity index (χ1) is 12.7. The quantitative estimate of drug-likeness (QED) is 0.808. The molecule has 26 heavy (non-hydrogen) atoms. The van der Waals surface area contributed by atoms with Crippen LogP contribution in [-0.2, 0) is 4.79 Å². The summed E-state index contributed by atoms with van der Waals surface area (Å²) in [4.78, 5) is 22.2. The minimum Gasteiger partial charge on any atom is -0.341 e. The Hall–Kier alpha value is -1.46. The van der Waals surface area contributed by atoms with Crippen LogP contribution in [-0.4, -0.2) is 52.9 Å². The first kappa shape index (κ1) is 17.9. The van der Waals surface area contributed by atoms with E-state index in [1.807, 2.05) is 11.3 Å². The molecule has 1 atom stereocenters. The Morgan fingerprint density at radius 1 is 1.08 bits per heavy atom. The second kappa shape index (κ2) is 8.05. The van der Waals surface area contributed by atoms with Crippen molar-refractivity contribution in [3.8, 4) is 0 Å². The van der Waals surface area contributed by atoms with E-state index in [4.69, 9.17) is 4.98 Å². The van der Waals surface area contributed by atoms with Gasteiger partial charge in [-0.15, -0.1) is 11.3 Å². The van der Waals surface area contributed by atoms with Gasteiger partial charge in [0.25, 0.3) is 0 Å². The Balaban J connectivity index is 1.35. The van der Waals surface area contributed by atoms with Crippen molar-refractivity contribution in [3.63, 3.8) is 0 Å².